The van der Waals surface area contributed by atoms with E-state index in [-0.39, 0.29) is 18.9 Å². The van der Waals surface area contributed by atoms with Crippen molar-refractivity contribution in [2.75, 3.05) is 25.6 Å². The van der Waals surface area contributed by atoms with Crippen molar-refractivity contribution in [3.05, 3.63) is 18.3 Å². The fourth-order valence-electron chi connectivity index (χ4n) is 1.26. The minimum Gasteiger partial charge on any atom is -0.481 e. The molecular formula is C12H17N3O4. The lowest BCUT2D eigenvalue weighted by atomic mass is 10.3. The van der Waals surface area contributed by atoms with Gasteiger partial charge in [-0.15, -0.1) is 0 Å². The van der Waals surface area contributed by atoms with Crippen LogP contribution in [0.3, 0.4) is 0 Å². The third kappa shape index (κ3) is 5.71. The smallest absolute Gasteiger partial charge is 0.407 e. The summed E-state index contributed by atoms with van der Waals surface area (Å²) in [4.78, 5) is 26.5. The number of hydrogen-bond acceptors (Lipinski definition) is 5. The zero-order valence-electron chi connectivity index (χ0n) is 10.9. The quantitative estimate of drug-likeness (QED) is 0.807. The molecule has 7 nitrogen and oxygen atoms in total. The van der Waals surface area contributed by atoms with E-state index in [1.165, 1.54) is 13.3 Å². The Kier molecular flexibility index (Phi) is 6.14. The summed E-state index contributed by atoms with van der Waals surface area (Å²) in [5.41, 5.74) is 0.571. The van der Waals surface area contributed by atoms with Crippen LogP contribution in [0.5, 0.6) is 5.88 Å². The Morgan fingerprint density at radius 1 is 1.37 bits per heavy atom. The second kappa shape index (κ2) is 7.91. The van der Waals surface area contributed by atoms with E-state index in [2.05, 4.69) is 20.4 Å². The molecule has 19 heavy (non-hydrogen) atoms. The van der Waals surface area contributed by atoms with E-state index < -0.39 is 6.09 Å². The van der Waals surface area contributed by atoms with Gasteiger partial charge in [0.25, 0.3) is 0 Å². The number of ether oxygens (including phenoxy) is 2. The van der Waals surface area contributed by atoms with Gasteiger partial charge in [-0.25, -0.2) is 9.78 Å². The van der Waals surface area contributed by atoms with Gasteiger partial charge < -0.3 is 20.1 Å². The lowest BCUT2D eigenvalue weighted by Gasteiger charge is -2.06. The van der Waals surface area contributed by atoms with Crippen molar-refractivity contribution in [1.29, 1.82) is 0 Å². The first-order chi connectivity index (χ1) is 9.15. The maximum absolute atomic E-state index is 11.5. The minimum atomic E-state index is -0.526. The number of nitrogens with zero attached hydrogens (tertiary/aromatic N) is 1. The summed E-state index contributed by atoms with van der Waals surface area (Å²) in [6, 6.07) is 3.33. The summed E-state index contributed by atoms with van der Waals surface area (Å²) in [5, 5.41) is 5.11. The average Bonchev–Trinajstić information content (AvgIpc) is 2.40. The first kappa shape index (κ1) is 14.7. The highest BCUT2D eigenvalue weighted by molar-refractivity contribution is 5.90. The van der Waals surface area contributed by atoms with Crippen LogP contribution in [-0.2, 0) is 9.53 Å². The predicted molar refractivity (Wildman–Crippen MR) is 69.1 cm³/mol. The third-order valence-electron chi connectivity index (χ3n) is 2.13. The van der Waals surface area contributed by atoms with Crippen molar-refractivity contribution >= 4 is 17.7 Å². The molecule has 0 aromatic carbocycles. The van der Waals surface area contributed by atoms with Gasteiger partial charge in [0.2, 0.25) is 11.8 Å². The fraction of sp³-hybridized carbons (Fsp3) is 0.417. The highest BCUT2D eigenvalue weighted by Crippen LogP contribution is 2.10. The molecule has 0 saturated carbocycles. The Hall–Kier alpha value is -2.31. The van der Waals surface area contributed by atoms with Crippen molar-refractivity contribution in [2.24, 2.45) is 0 Å². The SMILES string of the molecule is CCOC(=O)NCCC(=O)Nc1ccc(OC)nc1. The number of hydrogen-bond donors (Lipinski definition) is 2. The zero-order valence-corrected chi connectivity index (χ0v) is 10.9. The van der Waals surface area contributed by atoms with Crippen molar-refractivity contribution in [3.63, 3.8) is 0 Å². The highest BCUT2D eigenvalue weighted by atomic mass is 16.5. The van der Waals surface area contributed by atoms with Gasteiger partial charge >= 0.3 is 6.09 Å². The van der Waals surface area contributed by atoms with Gasteiger partial charge in [0.05, 0.1) is 25.6 Å². The number of pyridine rings is 1. The molecule has 0 bridgehead atoms. The number of nitrogens with one attached hydrogen (secondary N) is 2. The molecular weight excluding hydrogens is 250 g/mol. The number of amides is 2. The average molecular weight is 267 g/mol. The number of carbonyl (C=O) groups is 2. The predicted octanol–water partition coefficient (Wildman–Crippen LogP) is 1.16. The molecule has 0 aliphatic carbocycles. The van der Waals surface area contributed by atoms with E-state index in [9.17, 15) is 9.59 Å². The zero-order chi connectivity index (χ0) is 14.1. The summed E-state index contributed by atoms with van der Waals surface area (Å²) >= 11 is 0. The second-order valence-electron chi connectivity index (χ2n) is 3.53. The van der Waals surface area contributed by atoms with Crippen molar-refractivity contribution in [1.82, 2.24) is 10.3 Å². The maximum Gasteiger partial charge on any atom is 0.407 e. The molecule has 1 aromatic heterocycles. The van der Waals surface area contributed by atoms with Crippen LogP contribution in [0.4, 0.5) is 10.5 Å². The Balaban J connectivity index is 2.28. The van der Waals surface area contributed by atoms with E-state index in [1.54, 1.807) is 19.1 Å². The van der Waals surface area contributed by atoms with Gasteiger partial charge in [0.15, 0.2) is 0 Å². The van der Waals surface area contributed by atoms with E-state index >= 15 is 0 Å². The third-order valence-corrected chi connectivity index (χ3v) is 2.13. The lowest BCUT2D eigenvalue weighted by Crippen LogP contribution is -2.28. The molecule has 2 N–H and O–H groups in total. The van der Waals surface area contributed by atoms with Crippen LogP contribution in [-0.4, -0.2) is 37.2 Å². The van der Waals surface area contributed by atoms with E-state index in [0.29, 0.717) is 18.2 Å². The van der Waals surface area contributed by atoms with Crippen LogP contribution in [0, 0.1) is 0 Å². The van der Waals surface area contributed by atoms with Crippen molar-refractivity contribution in [3.8, 4) is 5.88 Å². The normalized spacial score (nSPS) is 9.58. The van der Waals surface area contributed by atoms with Gasteiger partial charge in [-0.05, 0) is 13.0 Å². The van der Waals surface area contributed by atoms with Crippen LogP contribution < -0.4 is 15.4 Å². The van der Waals surface area contributed by atoms with Crippen molar-refractivity contribution < 1.29 is 19.1 Å². The molecule has 0 unspecified atom stereocenters. The summed E-state index contributed by atoms with van der Waals surface area (Å²) in [5.74, 6) is 0.255. The number of aromatic nitrogens is 1. The molecule has 0 atom stereocenters. The summed E-state index contributed by atoms with van der Waals surface area (Å²) < 4.78 is 9.57. The molecule has 104 valence electrons. The van der Waals surface area contributed by atoms with Crippen LogP contribution in [0.15, 0.2) is 18.3 Å². The highest BCUT2D eigenvalue weighted by Gasteiger charge is 2.05. The van der Waals surface area contributed by atoms with Crippen LogP contribution in [0.25, 0.3) is 0 Å². The van der Waals surface area contributed by atoms with Crippen LogP contribution in [0.2, 0.25) is 0 Å². The van der Waals surface area contributed by atoms with Gasteiger partial charge in [-0.3, -0.25) is 4.79 Å². The monoisotopic (exact) mass is 267 g/mol. The first-order valence-electron chi connectivity index (χ1n) is 5.86. The fourth-order valence-corrected chi connectivity index (χ4v) is 1.26. The summed E-state index contributed by atoms with van der Waals surface area (Å²) in [7, 11) is 1.52. The minimum absolute atomic E-state index is 0.158. The Morgan fingerprint density at radius 3 is 2.74 bits per heavy atom. The Morgan fingerprint density at radius 2 is 2.16 bits per heavy atom. The molecule has 7 heteroatoms. The molecule has 2 amide bonds. The second-order valence-corrected chi connectivity index (χ2v) is 3.53. The molecule has 0 radical (unpaired) electrons. The van der Waals surface area contributed by atoms with Gasteiger partial charge in [-0.2, -0.15) is 0 Å². The Bertz CT molecular complexity index is 419. The van der Waals surface area contributed by atoms with Gasteiger partial charge in [0.1, 0.15) is 0 Å². The molecule has 0 saturated heterocycles. The van der Waals surface area contributed by atoms with Crippen LogP contribution in [0.1, 0.15) is 13.3 Å². The molecule has 1 aromatic rings. The summed E-state index contributed by atoms with van der Waals surface area (Å²) in [6.45, 7) is 2.23. The maximum atomic E-state index is 11.5. The lowest BCUT2D eigenvalue weighted by molar-refractivity contribution is -0.116. The first-order valence-corrected chi connectivity index (χ1v) is 5.86. The van der Waals surface area contributed by atoms with Crippen LogP contribution >= 0.6 is 0 Å². The topological polar surface area (TPSA) is 89.5 Å². The molecule has 0 fully saturated rings. The number of methoxy groups -OCH3 is 1. The molecule has 1 heterocycles. The van der Waals surface area contributed by atoms with Gasteiger partial charge in [0, 0.05) is 19.0 Å². The number of rotatable bonds is 6. The van der Waals surface area contributed by atoms with Gasteiger partial charge in [-0.1, -0.05) is 0 Å². The number of alkyl carbamates (subject to hydrolysis) is 1. The molecule has 0 spiro atoms. The molecule has 0 aliphatic rings. The summed E-state index contributed by atoms with van der Waals surface area (Å²) in [6.07, 6.45) is 1.13. The molecule has 0 aliphatic heterocycles. The van der Waals surface area contributed by atoms with E-state index in [1.807, 2.05) is 0 Å². The molecule has 1 rings (SSSR count). The van der Waals surface area contributed by atoms with E-state index in [4.69, 9.17) is 4.74 Å². The standard InChI is InChI=1S/C12H17N3O4/c1-3-19-12(17)13-7-6-10(16)15-9-4-5-11(18-2)14-8-9/h4-5,8H,3,6-7H2,1-2H3,(H,13,17)(H,15,16). The number of carbonyl (C=O) groups excluding carboxylic acids is 2. The number of anilines is 1. The largest absolute Gasteiger partial charge is 0.481 e. The van der Waals surface area contributed by atoms with Crippen molar-refractivity contribution in [2.45, 2.75) is 13.3 Å². The van der Waals surface area contributed by atoms with E-state index in [0.717, 1.165) is 0 Å². The Labute approximate surface area is 111 Å².